The van der Waals surface area contributed by atoms with Gasteiger partial charge in [0.25, 0.3) is 0 Å². The highest BCUT2D eigenvalue weighted by Crippen LogP contribution is 2.11. The van der Waals surface area contributed by atoms with Crippen LogP contribution in [0.4, 0.5) is 0 Å². The van der Waals surface area contributed by atoms with Crippen molar-refractivity contribution < 1.29 is 0 Å². The molecule has 0 aromatic heterocycles. The molecule has 2 aromatic carbocycles. The first-order valence-corrected chi connectivity index (χ1v) is 9.44. The van der Waals surface area contributed by atoms with Gasteiger partial charge in [0.2, 0.25) is 0 Å². The van der Waals surface area contributed by atoms with Crippen LogP contribution in [0.2, 0.25) is 0 Å². The molecule has 0 N–H and O–H groups in total. The molecule has 26 heavy (non-hydrogen) atoms. The molecule has 0 fully saturated rings. The zero-order valence-corrected chi connectivity index (χ0v) is 17.5. The molecule has 0 aliphatic carbocycles. The van der Waals surface area contributed by atoms with Crippen LogP contribution in [0.5, 0.6) is 0 Å². The summed E-state index contributed by atoms with van der Waals surface area (Å²) in [4.78, 5) is 0. The van der Waals surface area contributed by atoms with E-state index in [2.05, 4.69) is 83.7 Å². The van der Waals surface area contributed by atoms with Gasteiger partial charge in [-0.1, -0.05) is 109 Å². The predicted molar refractivity (Wildman–Crippen MR) is 120 cm³/mol. The van der Waals surface area contributed by atoms with Gasteiger partial charge in [-0.3, -0.25) is 0 Å². The maximum atomic E-state index is 3.51. The van der Waals surface area contributed by atoms with Crippen molar-refractivity contribution in [1.82, 2.24) is 0 Å². The Morgan fingerprint density at radius 1 is 0.808 bits per heavy atom. The molecule has 0 aliphatic rings. The highest BCUT2D eigenvalue weighted by Gasteiger charge is 1.95. The van der Waals surface area contributed by atoms with E-state index in [0.717, 1.165) is 0 Å². The van der Waals surface area contributed by atoms with Crippen LogP contribution in [0, 0.1) is 27.7 Å². The van der Waals surface area contributed by atoms with E-state index in [-0.39, 0.29) is 0 Å². The lowest BCUT2D eigenvalue weighted by Crippen LogP contribution is -1.88. The van der Waals surface area contributed by atoms with E-state index in [1.165, 1.54) is 40.7 Å². The van der Waals surface area contributed by atoms with Crippen molar-refractivity contribution in [3.63, 3.8) is 0 Å². The highest BCUT2D eigenvalue weighted by atomic mass is 14.0. The van der Waals surface area contributed by atoms with Crippen LogP contribution in [0.3, 0.4) is 0 Å². The van der Waals surface area contributed by atoms with Gasteiger partial charge in [0, 0.05) is 0 Å². The summed E-state index contributed by atoms with van der Waals surface area (Å²) in [6, 6.07) is 15.1. The van der Waals surface area contributed by atoms with Crippen LogP contribution in [-0.4, -0.2) is 0 Å². The molecule has 0 atom stereocenters. The Balaban J connectivity index is 0.000000373. The summed E-state index contributed by atoms with van der Waals surface area (Å²) in [6.45, 7) is 16.3. The first kappa shape index (κ1) is 23.7. The minimum Gasteiger partial charge on any atom is -0.0991 e. The molecule has 140 valence electrons. The van der Waals surface area contributed by atoms with Gasteiger partial charge < -0.3 is 0 Å². The van der Waals surface area contributed by atoms with Crippen LogP contribution in [-0.2, 0) is 6.42 Å². The third-order valence-corrected chi connectivity index (χ3v) is 3.74. The van der Waals surface area contributed by atoms with E-state index in [1.54, 1.807) is 6.08 Å². The summed E-state index contributed by atoms with van der Waals surface area (Å²) in [7, 11) is 0. The van der Waals surface area contributed by atoms with Crippen molar-refractivity contribution in [2.75, 3.05) is 0 Å². The third-order valence-electron chi connectivity index (χ3n) is 3.74. The van der Waals surface area contributed by atoms with Gasteiger partial charge in [-0.15, -0.1) is 0 Å². The minimum atomic E-state index is 1.21. The zero-order chi connectivity index (χ0) is 19.8. The molecule has 2 aromatic rings. The smallest absolute Gasteiger partial charge is 0.0279 e. The number of aryl methyl sites for hydroxylation is 5. The number of hydrogen-bond acceptors (Lipinski definition) is 0. The minimum absolute atomic E-state index is 1.21. The van der Waals surface area contributed by atoms with Crippen molar-refractivity contribution >= 4 is 0 Å². The maximum Gasteiger partial charge on any atom is -0.0279 e. The van der Waals surface area contributed by atoms with E-state index >= 15 is 0 Å². The van der Waals surface area contributed by atoms with Crippen molar-refractivity contribution in [3.8, 4) is 0 Å². The van der Waals surface area contributed by atoms with E-state index < -0.39 is 0 Å². The first-order valence-electron chi connectivity index (χ1n) is 9.44. The van der Waals surface area contributed by atoms with Crippen LogP contribution in [0.25, 0.3) is 0 Å². The predicted octanol–water partition coefficient (Wildman–Crippen LogP) is 7.86. The lowest BCUT2D eigenvalue weighted by atomic mass is 10.0. The van der Waals surface area contributed by atoms with E-state index in [4.69, 9.17) is 0 Å². The molecular formula is C26H36. The van der Waals surface area contributed by atoms with Crippen LogP contribution < -0.4 is 0 Å². The molecule has 0 heteroatoms. The summed E-state index contributed by atoms with van der Waals surface area (Å²) in [5, 5.41) is 0. The third kappa shape index (κ3) is 12.1. The van der Waals surface area contributed by atoms with Crippen LogP contribution in [0.1, 0.15) is 48.1 Å². The SMILES string of the molecule is C=C/C=C\C=C/C.CCCc1ccc(C)cc1C.Cc1cccc(C)c1. The lowest BCUT2D eigenvalue weighted by Gasteiger charge is -2.04. The van der Waals surface area contributed by atoms with E-state index in [1.807, 2.05) is 31.2 Å². The Bertz CT molecular complexity index is 670. The van der Waals surface area contributed by atoms with Crippen molar-refractivity contribution in [2.45, 2.75) is 54.4 Å². The van der Waals surface area contributed by atoms with Gasteiger partial charge in [-0.2, -0.15) is 0 Å². The van der Waals surface area contributed by atoms with E-state index in [0.29, 0.717) is 0 Å². The normalized spacial score (nSPS) is 10.1. The lowest BCUT2D eigenvalue weighted by molar-refractivity contribution is 0.912. The van der Waals surface area contributed by atoms with Gasteiger partial charge in [0.1, 0.15) is 0 Å². The molecule has 0 amide bonds. The topological polar surface area (TPSA) is 0 Å². The van der Waals surface area contributed by atoms with Gasteiger partial charge in [0.15, 0.2) is 0 Å². The maximum absolute atomic E-state index is 3.51. The highest BCUT2D eigenvalue weighted by molar-refractivity contribution is 5.30. The second kappa shape index (κ2) is 15.0. The molecule has 0 aliphatic heterocycles. The number of benzene rings is 2. The molecule has 0 radical (unpaired) electrons. The summed E-state index contributed by atoms with van der Waals surface area (Å²) >= 11 is 0. The fourth-order valence-corrected chi connectivity index (χ4v) is 2.46. The summed E-state index contributed by atoms with van der Waals surface area (Å²) < 4.78 is 0. The average Bonchev–Trinajstić information content (AvgIpc) is 2.59. The zero-order valence-electron chi connectivity index (χ0n) is 17.5. The van der Waals surface area contributed by atoms with Crippen molar-refractivity contribution in [3.05, 3.63) is 107 Å². The molecule has 0 saturated carbocycles. The largest absolute Gasteiger partial charge is 0.0991 e. The second-order valence-corrected chi connectivity index (χ2v) is 6.48. The Hall–Kier alpha value is -2.34. The Morgan fingerprint density at radius 3 is 1.85 bits per heavy atom. The van der Waals surface area contributed by atoms with Crippen LogP contribution >= 0.6 is 0 Å². The standard InChI is InChI=1S/C11H16.C8H10.C7H10/c1-4-5-11-7-6-9(2)8-10(11)3;1-7-4-3-5-8(2)6-7;1-3-5-7-6-4-2/h6-8H,4-5H2,1-3H3;3-6H,1-2H3;3-7H,1H2,2H3/b;;6-4-,7-5-. The Labute approximate surface area is 162 Å². The van der Waals surface area contributed by atoms with Gasteiger partial charge in [-0.05, 0) is 52.2 Å². The average molecular weight is 349 g/mol. The summed E-state index contributed by atoms with van der Waals surface area (Å²) in [5.41, 5.74) is 6.97. The monoisotopic (exact) mass is 348 g/mol. The molecule has 0 bridgehead atoms. The molecule has 0 spiro atoms. The number of rotatable bonds is 4. The first-order chi connectivity index (χ1) is 12.4. The second-order valence-electron chi connectivity index (χ2n) is 6.48. The summed E-state index contributed by atoms with van der Waals surface area (Å²) in [6.07, 6.45) is 12.0. The van der Waals surface area contributed by atoms with Gasteiger partial charge >= 0.3 is 0 Å². The fourth-order valence-electron chi connectivity index (χ4n) is 2.46. The Morgan fingerprint density at radius 2 is 1.42 bits per heavy atom. The molecular weight excluding hydrogens is 312 g/mol. The number of allylic oxidation sites excluding steroid dienone is 5. The van der Waals surface area contributed by atoms with E-state index in [9.17, 15) is 0 Å². The fraction of sp³-hybridized carbons (Fsp3) is 0.308. The molecule has 0 unspecified atom stereocenters. The molecule has 0 heterocycles. The molecule has 2 rings (SSSR count). The quantitative estimate of drug-likeness (QED) is 0.493. The van der Waals surface area contributed by atoms with Crippen LogP contribution in [0.15, 0.2) is 79.4 Å². The number of hydrogen-bond donors (Lipinski definition) is 0. The molecule has 0 saturated heterocycles. The van der Waals surface area contributed by atoms with Crippen molar-refractivity contribution in [1.29, 1.82) is 0 Å². The van der Waals surface area contributed by atoms with Gasteiger partial charge in [0.05, 0.1) is 0 Å². The Kier molecular flexibility index (Phi) is 13.6. The van der Waals surface area contributed by atoms with Crippen molar-refractivity contribution in [2.24, 2.45) is 0 Å². The molecule has 0 nitrogen and oxygen atoms in total. The summed E-state index contributed by atoms with van der Waals surface area (Å²) in [5.74, 6) is 0. The van der Waals surface area contributed by atoms with Gasteiger partial charge in [-0.25, -0.2) is 0 Å².